The highest BCUT2D eigenvalue weighted by Gasteiger charge is 2.04. The third kappa shape index (κ3) is 2.05. The molecular weight excluding hydrogens is 225 g/mol. The van der Waals surface area contributed by atoms with Crippen LogP contribution in [0, 0.1) is 17.1 Å². The molecule has 2 aromatic rings. The number of hydrogen-bond donors (Lipinski definition) is 0. The molecule has 0 heterocycles. The number of rotatable bonds is 1. The van der Waals surface area contributed by atoms with Crippen LogP contribution in [-0.4, -0.2) is 0 Å². The highest BCUT2D eigenvalue weighted by molar-refractivity contribution is 6.30. The summed E-state index contributed by atoms with van der Waals surface area (Å²) in [5.74, 6) is -0.500. The number of benzene rings is 2. The van der Waals surface area contributed by atoms with Crippen molar-refractivity contribution in [2.24, 2.45) is 0 Å². The van der Waals surface area contributed by atoms with Gasteiger partial charge < -0.3 is 0 Å². The Morgan fingerprint density at radius 1 is 1.00 bits per heavy atom. The van der Waals surface area contributed by atoms with Gasteiger partial charge in [-0.2, -0.15) is 5.26 Å². The predicted octanol–water partition coefficient (Wildman–Crippen LogP) is 4.02. The van der Waals surface area contributed by atoms with E-state index >= 15 is 0 Å². The Hall–Kier alpha value is -1.85. The van der Waals surface area contributed by atoms with Crippen LogP contribution in [0.3, 0.4) is 0 Å². The lowest BCUT2D eigenvalue weighted by Crippen LogP contribution is -1.85. The van der Waals surface area contributed by atoms with Gasteiger partial charge in [-0.15, -0.1) is 0 Å². The monoisotopic (exact) mass is 231 g/mol. The molecule has 0 aliphatic heterocycles. The molecular formula is C13H7ClFN. The lowest BCUT2D eigenvalue weighted by atomic mass is 10.0. The highest BCUT2D eigenvalue weighted by atomic mass is 35.5. The molecule has 0 atom stereocenters. The molecule has 78 valence electrons. The molecule has 0 aliphatic rings. The van der Waals surface area contributed by atoms with Crippen LogP contribution >= 0.6 is 11.6 Å². The van der Waals surface area contributed by atoms with Gasteiger partial charge in [-0.25, -0.2) is 4.39 Å². The molecule has 0 fully saturated rings. The summed E-state index contributed by atoms with van der Waals surface area (Å²) in [7, 11) is 0. The van der Waals surface area contributed by atoms with Crippen LogP contribution in [0.1, 0.15) is 5.56 Å². The van der Waals surface area contributed by atoms with Crippen molar-refractivity contribution >= 4 is 11.6 Å². The molecule has 0 spiro atoms. The molecule has 16 heavy (non-hydrogen) atoms. The second-order valence-electron chi connectivity index (χ2n) is 3.31. The Balaban J connectivity index is 2.49. The largest absolute Gasteiger partial charge is 0.206 e. The van der Waals surface area contributed by atoms with Crippen LogP contribution in [0.4, 0.5) is 4.39 Å². The Morgan fingerprint density at radius 3 is 2.25 bits per heavy atom. The first-order chi connectivity index (χ1) is 7.70. The summed E-state index contributed by atoms with van der Waals surface area (Å²) >= 11 is 5.77. The van der Waals surface area contributed by atoms with Crippen LogP contribution in [-0.2, 0) is 0 Å². The summed E-state index contributed by atoms with van der Waals surface area (Å²) in [6, 6.07) is 13.4. The number of nitriles is 1. The summed E-state index contributed by atoms with van der Waals surface area (Å²) in [6.45, 7) is 0. The van der Waals surface area contributed by atoms with Crippen LogP contribution in [0.2, 0.25) is 5.02 Å². The van der Waals surface area contributed by atoms with Gasteiger partial charge in [0, 0.05) is 5.02 Å². The molecule has 0 N–H and O–H groups in total. The summed E-state index contributed by atoms with van der Waals surface area (Å²) in [4.78, 5) is 0. The van der Waals surface area contributed by atoms with Crippen LogP contribution < -0.4 is 0 Å². The number of halogens is 2. The van der Waals surface area contributed by atoms with Crippen molar-refractivity contribution < 1.29 is 4.39 Å². The van der Waals surface area contributed by atoms with Gasteiger partial charge in [-0.1, -0.05) is 29.8 Å². The van der Waals surface area contributed by atoms with E-state index in [4.69, 9.17) is 16.9 Å². The van der Waals surface area contributed by atoms with Gasteiger partial charge in [-0.05, 0) is 35.4 Å². The van der Waals surface area contributed by atoms with Crippen molar-refractivity contribution in [3.8, 4) is 17.2 Å². The van der Waals surface area contributed by atoms with Gasteiger partial charge in [0.05, 0.1) is 5.56 Å². The van der Waals surface area contributed by atoms with Crippen molar-refractivity contribution in [1.29, 1.82) is 5.26 Å². The van der Waals surface area contributed by atoms with E-state index < -0.39 is 5.82 Å². The minimum Gasteiger partial charge on any atom is -0.206 e. The zero-order valence-corrected chi connectivity index (χ0v) is 9.00. The molecule has 0 radical (unpaired) electrons. The molecule has 0 saturated carbocycles. The molecule has 0 unspecified atom stereocenters. The Labute approximate surface area is 97.7 Å². The van der Waals surface area contributed by atoms with Gasteiger partial charge in [0.2, 0.25) is 0 Å². The number of nitrogens with zero attached hydrogens (tertiary/aromatic N) is 1. The summed E-state index contributed by atoms with van der Waals surface area (Å²) < 4.78 is 13.1. The minimum atomic E-state index is -0.500. The van der Waals surface area contributed by atoms with Gasteiger partial charge >= 0.3 is 0 Å². The zero-order valence-electron chi connectivity index (χ0n) is 8.24. The maximum absolute atomic E-state index is 13.1. The maximum Gasteiger partial charge on any atom is 0.140 e. The minimum absolute atomic E-state index is 0.0486. The van der Waals surface area contributed by atoms with Gasteiger partial charge in [-0.3, -0.25) is 0 Å². The standard InChI is InChI=1S/C13H7ClFN/c14-12-4-1-9(2-5-12)10-3-6-13(15)11(7-10)8-16/h1-7H. The van der Waals surface area contributed by atoms with E-state index in [-0.39, 0.29) is 5.56 Å². The third-order valence-electron chi connectivity index (χ3n) is 2.26. The van der Waals surface area contributed by atoms with Crippen molar-refractivity contribution in [2.45, 2.75) is 0 Å². The van der Waals surface area contributed by atoms with E-state index in [0.717, 1.165) is 11.1 Å². The SMILES string of the molecule is N#Cc1cc(-c2ccc(Cl)cc2)ccc1F. The highest BCUT2D eigenvalue weighted by Crippen LogP contribution is 2.23. The normalized spacial score (nSPS) is 9.81. The Morgan fingerprint density at radius 2 is 1.62 bits per heavy atom. The molecule has 2 aromatic carbocycles. The van der Waals surface area contributed by atoms with E-state index in [0.29, 0.717) is 5.02 Å². The summed E-state index contributed by atoms with van der Waals surface area (Å²) in [5, 5.41) is 9.37. The lowest BCUT2D eigenvalue weighted by Gasteiger charge is -2.02. The van der Waals surface area contributed by atoms with E-state index in [1.165, 1.54) is 12.1 Å². The maximum atomic E-state index is 13.1. The molecule has 0 bridgehead atoms. The summed E-state index contributed by atoms with van der Waals surface area (Å²) in [6.07, 6.45) is 0. The topological polar surface area (TPSA) is 23.8 Å². The van der Waals surface area contributed by atoms with Crippen LogP contribution in [0.25, 0.3) is 11.1 Å². The van der Waals surface area contributed by atoms with Gasteiger partial charge in [0.15, 0.2) is 0 Å². The molecule has 0 saturated heterocycles. The molecule has 0 aliphatic carbocycles. The fraction of sp³-hybridized carbons (Fsp3) is 0. The Bertz CT molecular complexity index is 555. The average molecular weight is 232 g/mol. The van der Waals surface area contributed by atoms with Crippen LogP contribution in [0.15, 0.2) is 42.5 Å². The van der Waals surface area contributed by atoms with Gasteiger partial charge in [0.1, 0.15) is 11.9 Å². The molecule has 1 nitrogen and oxygen atoms in total. The molecule has 2 rings (SSSR count). The van der Waals surface area contributed by atoms with Crippen molar-refractivity contribution in [1.82, 2.24) is 0 Å². The first-order valence-corrected chi connectivity index (χ1v) is 5.04. The average Bonchev–Trinajstić information content (AvgIpc) is 2.31. The third-order valence-corrected chi connectivity index (χ3v) is 2.52. The van der Waals surface area contributed by atoms with Gasteiger partial charge in [0.25, 0.3) is 0 Å². The van der Waals surface area contributed by atoms with Crippen molar-refractivity contribution in [2.75, 3.05) is 0 Å². The van der Waals surface area contributed by atoms with E-state index in [9.17, 15) is 4.39 Å². The molecule has 0 amide bonds. The fourth-order valence-corrected chi connectivity index (χ4v) is 1.56. The van der Waals surface area contributed by atoms with Crippen molar-refractivity contribution in [3.63, 3.8) is 0 Å². The first kappa shape index (κ1) is 10.7. The van der Waals surface area contributed by atoms with Crippen LogP contribution in [0.5, 0.6) is 0 Å². The summed E-state index contributed by atoms with van der Waals surface area (Å²) in [5.41, 5.74) is 1.75. The fourth-order valence-electron chi connectivity index (χ4n) is 1.43. The second-order valence-corrected chi connectivity index (χ2v) is 3.75. The lowest BCUT2D eigenvalue weighted by molar-refractivity contribution is 0.624. The van der Waals surface area contributed by atoms with E-state index in [1.54, 1.807) is 18.2 Å². The molecule has 3 heteroatoms. The Kier molecular flexibility index (Phi) is 2.89. The first-order valence-electron chi connectivity index (χ1n) is 4.66. The quantitative estimate of drug-likeness (QED) is 0.727. The zero-order chi connectivity index (χ0) is 11.5. The van der Waals surface area contributed by atoms with E-state index in [2.05, 4.69) is 0 Å². The van der Waals surface area contributed by atoms with Crippen molar-refractivity contribution in [3.05, 3.63) is 58.9 Å². The molecule has 0 aromatic heterocycles. The van der Waals surface area contributed by atoms with E-state index in [1.807, 2.05) is 18.2 Å². The smallest absolute Gasteiger partial charge is 0.140 e. The second kappa shape index (κ2) is 4.34. The number of hydrogen-bond acceptors (Lipinski definition) is 1. The predicted molar refractivity (Wildman–Crippen MR) is 61.6 cm³/mol.